The van der Waals surface area contributed by atoms with Crippen molar-refractivity contribution in [1.82, 2.24) is 20.1 Å². The second kappa shape index (κ2) is 5.09. The number of aromatic nitrogens is 3. The molecule has 21 heavy (non-hydrogen) atoms. The van der Waals surface area contributed by atoms with Gasteiger partial charge in [0.2, 0.25) is 0 Å². The second-order valence-corrected chi connectivity index (χ2v) is 6.22. The first kappa shape index (κ1) is 12.7. The van der Waals surface area contributed by atoms with Crippen molar-refractivity contribution in [2.75, 3.05) is 6.54 Å². The highest BCUT2D eigenvalue weighted by Gasteiger charge is 2.26. The lowest BCUT2D eigenvalue weighted by atomic mass is 9.90. The van der Waals surface area contributed by atoms with E-state index < -0.39 is 0 Å². The Morgan fingerprint density at radius 1 is 1.24 bits per heavy atom. The maximum absolute atomic E-state index is 4.80. The van der Waals surface area contributed by atoms with Crippen molar-refractivity contribution in [1.29, 1.82) is 0 Å². The second-order valence-electron chi connectivity index (χ2n) is 5.28. The van der Waals surface area contributed by atoms with Gasteiger partial charge in [-0.3, -0.25) is 4.68 Å². The minimum absolute atomic E-state index is 0.265. The predicted molar refractivity (Wildman–Crippen MR) is 84.3 cm³/mol. The number of hydrogen-bond donors (Lipinski definition) is 1. The van der Waals surface area contributed by atoms with Crippen molar-refractivity contribution in [3.8, 4) is 10.7 Å². The smallest absolute Gasteiger partial charge is 0.191 e. The molecule has 1 N–H and O–H groups in total. The first-order valence-corrected chi connectivity index (χ1v) is 7.94. The average molecular weight is 296 g/mol. The molecule has 1 aromatic carbocycles. The van der Waals surface area contributed by atoms with E-state index in [2.05, 4.69) is 46.1 Å². The summed E-state index contributed by atoms with van der Waals surface area (Å²) < 4.78 is 1.92. The third-order valence-electron chi connectivity index (χ3n) is 3.94. The zero-order valence-electron chi connectivity index (χ0n) is 11.8. The number of benzene rings is 1. The molecule has 0 radical (unpaired) electrons. The van der Waals surface area contributed by atoms with Gasteiger partial charge in [0.05, 0.1) is 10.8 Å². The lowest BCUT2D eigenvalue weighted by Crippen LogP contribution is -2.30. The van der Waals surface area contributed by atoms with E-state index in [-0.39, 0.29) is 5.92 Å². The van der Waals surface area contributed by atoms with Crippen LogP contribution in [0.3, 0.4) is 0 Å². The van der Waals surface area contributed by atoms with Crippen LogP contribution in [-0.4, -0.2) is 21.3 Å². The Balaban J connectivity index is 1.78. The SMILES string of the molecule is Cn1nc(-c2cccs2)nc1C1CNCc2ccccc21. The fourth-order valence-electron chi connectivity index (χ4n) is 2.94. The van der Waals surface area contributed by atoms with Gasteiger partial charge in [0.15, 0.2) is 5.82 Å². The summed E-state index contributed by atoms with van der Waals surface area (Å²) in [5, 5.41) is 10.1. The molecule has 0 fully saturated rings. The molecule has 2 aromatic heterocycles. The van der Waals surface area contributed by atoms with E-state index in [1.807, 2.05) is 17.8 Å². The largest absolute Gasteiger partial charge is 0.312 e. The Kier molecular flexibility index (Phi) is 3.09. The molecule has 4 nitrogen and oxygen atoms in total. The number of rotatable bonds is 2. The van der Waals surface area contributed by atoms with E-state index in [0.29, 0.717) is 0 Å². The monoisotopic (exact) mass is 296 g/mol. The molecule has 0 aliphatic carbocycles. The van der Waals surface area contributed by atoms with Crippen LogP contribution in [0.25, 0.3) is 10.7 Å². The van der Waals surface area contributed by atoms with Crippen molar-refractivity contribution >= 4 is 11.3 Å². The molecule has 1 atom stereocenters. The van der Waals surface area contributed by atoms with Crippen molar-refractivity contribution in [3.63, 3.8) is 0 Å². The van der Waals surface area contributed by atoms with Crippen molar-refractivity contribution in [3.05, 3.63) is 58.7 Å². The normalized spacial score (nSPS) is 17.7. The van der Waals surface area contributed by atoms with Gasteiger partial charge in [0, 0.05) is 20.1 Å². The maximum Gasteiger partial charge on any atom is 0.191 e. The molecule has 1 aliphatic heterocycles. The van der Waals surface area contributed by atoms with Gasteiger partial charge in [0.1, 0.15) is 5.82 Å². The molecule has 0 saturated heterocycles. The number of nitrogens with one attached hydrogen (secondary N) is 1. The summed E-state index contributed by atoms with van der Waals surface area (Å²) in [6.45, 7) is 1.84. The standard InChI is InChI=1S/C16H16N4S/c1-20-16(18-15(19-20)14-7-4-8-21-14)13-10-17-9-11-5-2-3-6-12(11)13/h2-8,13,17H,9-10H2,1H3. The van der Waals surface area contributed by atoms with E-state index >= 15 is 0 Å². The zero-order valence-corrected chi connectivity index (χ0v) is 12.6. The maximum atomic E-state index is 4.80. The van der Waals surface area contributed by atoms with Crippen LogP contribution < -0.4 is 5.32 Å². The minimum Gasteiger partial charge on any atom is -0.312 e. The van der Waals surface area contributed by atoms with Gasteiger partial charge in [-0.1, -0.05) is 30.3 Å². The fraction of sp³-hybridized carbons (Fsp3) is 0.250. The number of fused-ring (bicyclic) bond motifs is 1. The summed E-state index contributed by atoms with van der Waals surface area (Å²) in [5.74, 6) is 2.12. The van der Waals surface area contributed by atoms with Gasteiger partial charge in [-0.05, 0) is 22.6 Å². The summed E-state index contributed by atoms with van der Waals surface area (Å²) in [5.41, 5.74) is 2.72. The molecule has 0 amide bonds. The first-order valence-electron chi connectivity index (χ1n) is 7.06. The van der Waals surface area contributed by atoms with Crippen LogP contribution in [0.5, 0.6) is 0 Å². The Morgan fingerprint density at radius 2 is 2.14 bits per heavy atom. The van der Waals surface area contributed by atoms with Crippen LogP contribution in [0.15, 0.2) is 41.8 Å². The molecular formula is C16H16N4S. The summed E-state index contributed by atoms with van der Waals surface area (Å²) in [7, 11) is 1.98. The minimum atomic E-state index is 0.265. The Bertz CT molecular complexity index is 760. The quantitative estimate of drug-likeness (QED) is 0.791. The summed E-state index contributed by atoms with van der Waals surface area (Å²) >= 11 is 1.68. The molecule has 1 aliphatic rings. The molecule has 106 valence electrons. The van der Waals surface area contributed by atoms with Gasteiger partial charge in [-0.15, -0.1) is 11.3 Å². The third kappa shape index (κ3) is 2.18. The predicted octanol–water partition coefficient (Wildman–Crippen LogP) is 2.78. The number of nitrogens with zero attached hydrogens (tertiary/aromatic N) is 3. The van der Waals surface area contributed by atoms with Gasteiger partial charge in [-0.2, -0.15) is 5.10 Å². The van der Waals surface area contributed by atoms with Crippen molar-refractivity contribution < 1.29 is 0 Å². The van der Waals surface area contributed by atoms with Gasteiger partial charge in [0.25, 0.3) is 0 Å². The Morgan fingerprint density at radius 3 is 3.00 bits per heavy atom. The highest BCUT2D eigenvalue weighted by atomic mass is 32.1. The van der Waals surface area contributed by atoms with E-state index in [9.17, 15) is 0 Å². The van der Waals surface area contributed by atoms with E-state index in [1.165, 1.54) is 11.1 Å². The highest BCUT2D eigenvalue weighted by molar-refractivity contribution is 7.13. The van der Waals surface area contributed by atoms with Gasteiger partial charge < -0.3 is 5.32 Å². The summed E-state index contributed by atoms with van der Waals surface area (Å²) in [6, 6.07) is 12.7. The van der Waals surface area contributed by atoms with Crippen molar-refractivity contribution in [2.45, 2.75) is 12.5 Å². The van der Waals surface area contributed by atoms with Crippen LogP contribution in [0.2, 0.25) is 0 Å². The van der Waals surface area contributed by atoms with E-state index in [4.69, 9.17) is 4.98 Å². The van der Waals surface area contributed by atoms with Crippen LogP contribution in [0.4, 0.5) is 0 Å². The Hall–Kier alpha value is -1.98. The molecule has 0 saturated carbocycles. The van der Waals surface area contributed by atoms with Crippen LogP contribution in [0.1, 0.15) is 22.9 Å². The van der Waals surface area contributed by atoms with Crippen LogP contribution >= 0.6 is 11.3 Å². The van der Waals surface area contributed by atoms with E-state index in [0.717, 1.165) is 29.6 Å². The first-order chi connectivity index (χ1) is 10.3. The number of hydrogen-bond acceptors (Lipinski definition) is 4. The lowest BCUT2D eigenvalue weighted by Gasteiger charge is -2.25. The number of thiophene rings is 1. The highest BCUT2D eigenvalue weighted by Crippen LogP contribution is 2.30. The molecule has 3 aromatic rings. The van der Waals surface area contributed by atoms with Gasteiger partial charge in [-0.25, -0.2) is 4.98 Å². The topological polar surface area (TPSA) is 42.7 Å². The lowest BCUT2D eigenvalue weighted by molar-refractivity contribution is 0.548. The van der Waals surface area contributed by atoms with Crippen molar-refractivity contribution in [2.24, 2.45) is 7.05 Å². The number of aryl methyl sites for hydroxylation is 1. The Labute approximate surface area is 127 Å². The van der Waals surface area contributed by atoms with Gasteiger partial charge >= 0.3 is 0 Å². The fourth-order valence-corrected chi connectivity index (χ4v) is 3.59. The molecule has 0 bridgehead atoms. The molecule has 1 unspecified atom stereocenters. The molecular weight excluding hydrogens is 280 g/mol. The zero-order chi connectivity index (χ0) is 14.2. The third-order valence-corrected chi connectivity index (χ3v) is 4.81. The molecule has 3 heterocycles. The molecule has 0 spiro atoms. The summed E-state index contributed by atoms with van der Waals surface area (Å²) in [4.78, 5) is 5.92. The van der Waals surface area contributed by atoms with E-state index in [1.54, 1.807) is 11.3 Å². The molecule has 4 rings (SSSR count). The summed E-state index contributed by atoms with van der Waals surface area (Å²) in [6.07, 6.45) is 0. The molecule has 5 heteroatoms. The van der Waals surface area contributed by atoms with Crippen LogP contribution in [-0.2, 0) is 13.6 Å². The average Bonchev–Trinajstić information content (AvgIpc) is 3.16. The van der Waals surface area contributed by atoms with Crippen LogP contribution in [0, 0.1) is 0 Å².